The quantitative estimate of drug-likeness (QED) is 0.523. The van der Waals surface area contributed by atoms with Crippen LogP contribution in [0.2, 0.25) is 0 Å². The van der Waals surface area contributed by atoms with Crippen LogP contribution < -0.4 is 15.8 Å². The molecule has 6 nitrogen and oxygen atoms in total. The van der Waals surface area contributed by atoms with Gasteiger partial charge in [-0.05, 0) is 36.1 Å². The van der Waals surface area contributed by atoms with Gasteiger partial charge in [0.05, 0.1) is 4.90 Å². The molecule has 0 aromatic heterocycles. The molecule has 0 unspecified atom stereocenters. The lowest BCUT2D eigenvalue weighted by atomic mass is 9.64. The number of hydrogen-bond donors (Lipinski definition) is 3. The fraction of sp³-hybridized carbons (Fsp3) is 0.350. The Kier molecular flexibility index (Phi) is 5.82. The number of sulfonamides is 1. The maximum atomic E-state index is 11.3. The first-order valence-electron chi connectivity index (χ1n) is 9.05. The first kappa shape index (κ1) is 19.4. The average molecular weight is 387 g/mol. The summed E-state index contributed by atoms with van der Waals surface area (Å²) in [6, 6.07) is 17.2. The van der Waals surface area contributed by atoms with Crippen LogP contribution in [0.4, 0.5) is 0 Å². The van der Waals surface area contributed by atoms with Crippen molar-refractivity contribution in [3.8, 4) is 0 Å². The van der Waals surface area contributed by atoms with Crippen LogP contribution in [-0.2, 0) is 22.0 Å². The predicted molar refractivity (Wildman–Crippen MR) is 108 cm³/mol. The van der Waals surface area contributed by atoms with Crippen LogP contribution in [-0.4, -0.2) is 28.0 Å². The van der Waals surface area contributed by atoms with Crippen molar-refractivity contribution in [2.24, 2.45) is 10.1 Å². The van der Waals surface area contributed by atoms with E-state index in [0.29, 0.717) is 6.54 Å². The highest BCUT2D eigenvalue weighted by molar-refractivity contribution is 7.89. The molecule has 3 rings (SSSR count). The van der Waals surface area contributed by atoms with E-state index < -0.39 is 10.0 Å². The number of nitrogens with zero attached hydrogens (tertiary/aromatic N) is 1. The molecule has 1 aliphatic rings. The summed E-state index contributed by atoms with van der Waals surface area (Å²) in [5.41, 5.74) is 2.50. The molecule has 1 aliphatic carbocycles. The molecule has 0 saturated heterocycles. The standard InChI is InChI=1S/C20H26N4O2S/c1-22-19(23-14-16-8-10-18(11-9-16)27(21,25)26)24-15-20(12-5-13-20)17-6-3-2-4-7-17/h2-4,6-11H,5,12-15H2,1H3,(H2,21,25,26)(H2,22,23,24). The van der Waals surface area contributed by atoms with Gasteiger partial charge in [0.15, 0.2) is 5.96 Å². The van der Waals surface area contributed by atoms with Crippen LogP contribution in [0.1, 0.15) is 30.4 Å². The second kappa shape index (κ2) is 8.10. The highest BCUT2D eigenvalue weighted by Crippen LogP contribution is 2.43. The molecule has 0 amide bonds. The maximum Gasteiger partial charge on any atom is 0.238 e. The molecule has 0 aliphatic heterocycles. The third-order valence-electron chi connectivity index (χ3n) is 5.23. The minimum atomic E-state index is -3.66. The fourth-order valence-electron chi connectivity index (χ4n) is 3.42. The Morgan fingerprint density at radius 3 is 2.26 bits per heavy atom. The fourth-order valence-corrected chi connectivity index (χ4v) is 3.93. The van der Waals surface area contributed by atoms with Crippen molar-refractivity contribution in [3.63, 3.8) is 0 Å². The molecule has 144 valence electrons. The number of rotatable bonds is 6. The smallest absolute Gasteiger partial charge is 0.238 e. The summed E-state index contributed by atoms with van der Waals surface area (Å²) in [6.07, 6.45) is 3.60. The summed E-state index contributed by atoms with van der Waals surface area (Å²) < 4.78 is 22.6. The number of guanidine groups is 1. The van der Waals surface area contributed by atoms with Gasteiger partial charge in [0.2, 0.25) is 10.0 Å². The number of hydrogen-bond acceptors (Lipinski definition) is 3. The molecule has 4 N–H and O–H groups in total. The molecule has 27 heavy (non-hydrogen) atoms. The van der Waals surface area contributed by atoms with Crippen molar-refractivity contribution in [1.82, 2.24) is 10.6 Å². The topological polar surface area (TPSA) is 96.6 Å². The van der Waals surface area contributed by atoms with Gasteiger partial charge in [-0.1, -0.05) is 48.9 Å². The lowest BCUT2D eigenvalue weighted by Crippen LogP contribution is -2.48. The molecular formula is C20H26N4O2S. The van der Waals surface area contributed by atoms with E-state index in [1.165, 1.54) is 37.0 Å². The Balaban J connectivity index is 1.57. The number of nitrogens with one attached hydrogen (secondary N) is 2. The molecule has 0 heterocycles. The van der Waals surface area contributed by atoms with Gasteiger partial charge in [0.1, 0.15) is 0 Å². The van der Waals surface area contributed by atoms with E-state index in [9.17, 15) is 8.42 Å². The zero-order valence-electron chi connectivity index (χ0n) is 15.5. The lowest BCUT2D eigenvalue weighted by Gasteiger charge is -2.43. The summed E-state index contributed by atoms with van der Waals surface area (Å²) in [7, 11) is -1.91. The van der Waals surface area contributed by atoms with Crippen molar-refractivity contribution in [1.29, 1.82) is 0 Å². The van der Waals surface area contributed by atoms with Gasteiger partial charge >= 0.3 is 0 Å². The van der Waals surface area contributed by atoms with Gasteiger partial charge in [-0.15, -0.1) is 0 Å². The predicted octanol–water partition coefficient (Wildman–Crippen LogP) is 2.12. The average Bonchev–Trinajstić information content (AvgIpc) is 2.64. The van der Waals surface area contributed by atoms with E-state index in [1.54, 1.807) is 19.2 Å². The second-order valence-corrected chi connectivity index (χ2v) is 8.53. The maximum absolute atomic E-state index is 11.3. The van der Waals surface area contributed by atoms with Gasteiger partial charge < -0.3 is 10.6 Å². The normalized spacial score (nSPS) is 16.4. The summed E-state index contributed by atoms with van der Waals surface area (Å²) in [6.45, 7) is 1.38. The number of aliphatic imine (C=N–C) groups is 1. The monoisotopic (exact) mass is 386 g/mol. The van der Waals surface area contributed by atoms with Crippen molar-refractivity contribution < 1.29 is 8.42 Å². The van der Waals surface area contributed by atoms with Crippen molar-refractivity contribution >= 4 is 16.0 Å². The largest absolute Gasteiger partial charge is 0.356 e. The Morgan fingerprint density at radius 1 is 1.07 bits per heavy atom. The van der Waals surface area contributed by atoms with E-state index in [2.05, 4.69) is 39.9 Å². The van der Waals surface area contributed by atoms with Crippen molar-refractivity contribution in [2.45, 2.75) is 36.1 Å². The first-order chi connectivity index (χ1) is 12.9. The van der Waals surface area contributed by atoms with Crippen LogP contribution in [0, 0.1) is 0 Å². The van der Waals surface area contributed by atoms with Crippen molar-refractivity contribution in [2.75, 3.05) is 13.6 Å². The lowest BCUT2D eigenvalue weighted by molar-refractivity contribution is 0.244. The zero-order chi connectivity index (χ0) is 19.3. The first-order valence-corrected chi connectivity index (χ1v) is 10.6. The van der Waals surface area contributed by atoms with E-state index in [-0.39, 0.29) is 10.3 Å². The van der Waals surface area contributed by atoms with Gasteiger partial charge in [-0.25, -0.2) is 13.6 Å². The van der Waals surface area contributed by atoms with Gasteiger partial charge in [-0.3, -0.25) is 4.99 Å². The minimum absolute atomic E-state index is 0.114. The van der Waals surface area contributed by atoms with E-state index in [0.717, 1.165) is 18.1 Å². The summed E-state index contributed by atoms with van der Waals surface area (Å²) in [4.78, 5) is 4.41. The Morgan fingerprint density at radius 2 is 1.74 bits per heavy atom. The van der Waals surface area contributed by atoms with E-state index in [1.807, 2.05) is 6.07 Å². The molecule has 7 heteroatoms. The molecule has 2 aromatic carbocycles. The third kappa shape index (κ3) is 4.67. The Labute approximate surface area is 160 Å². The van der Waals surface area contributed by atoms with Crippen LogP contribution in [0.25, 0.3) is 0 Å². The Bertz CT molecular complexity index is 889. The minimum Gasteiger partial charge on any atom is -0.356 e. The zero-order valence-corrected chi connectivity index (χ0v) is 16.3. The van der Waals surface area contributed by atoms with E-state index in [4.69, 9.17) is 5.14 Å². The molecule has 1 saturated carbocycles. The summed E-state index contributed by atoms with van der Waals surface area (Å²) in [5, 5.41) is 11.8. The van der Waals surface area contributed by atoms with Crippen LogP contribution in [0.3, 0.4) is 0 Å². The molecule has 0 bridgehead atoms. The molecule has 1 fully saturated rings. The molecule has 0 spiro atoms. The number of primary sulfonamides is 1. The van der Waals surface area contributed by atoms with Crippen molar-refractivity contribution in [3.05, 3.63) is 65.7 Å². The second-order valence-electron chi connectivity index (χ2n) is 6.97. The van der Waals surface area contributed by atoms with Crippen LogP contribution in [0.15, 0.2) is 64.5 Å². The summed E-state index contributed by atoms with van der Waals surface area (Å²) >= 11 is 0. The third-order valence-corrected chi connectivity index (χ3v) is 6.16. The highest BCUT2D eigenvalue weighted by Gasteiger charge is 2.38. The molecule has 0 radical (unpaired) electrons. The molecule has 0 atom stereocenters. The molecule has 2 aromatic rings. The SMILES string of the molecule is CN=C(NCc1ccc(S(N)(=O)=O)cc1)NCC1(c2ccccc2)CCC1. The van der Waals surface area contributed by atoms with E-state index >= 15 is 0 Å². The Hall–Kier alpha value is -2.38. The number of nitrogens with two attached hydrogens (primary N) is 1. The molecular weight excluding hydrogens is 360 g/mol. The highest BCUT2D eigenvalue weighted by atomic mass is 32.2. The van der Waals surface area contributed by atoms with Crippen LogP contribution in [0.5, 0.6) is 0 Å². The van der Waals surface area contributed by atoms with Gasteiger partial charge in [-0.2, -0.15) is 0 Å². The summed E-state index contributed by atoms with van der Waals surface area (Å²) in [5.74, 6) is 0.729. The number of benzene rings is 2. The van der Waals surface area contributed by atoms with Gasteiger partial charge in [0.25, 0.3) is 0 Å². The van der Waals surface area contributed by atoms with Gasteiger partial charge in [0, 0.05) is 25.6 Å². The van der Waals surface area contributed by atoms with Crippen LogP contribution >= 0.6 is 0 Å².